The smallest absolute Gasteiger partial charge is 0.270 e. The van der Waals surface area contributed by atoms with E-state index < -0.39 is 14.9 Å². The normalized spacial score (nSPS) is 19.1. The van der Waals surface area contributed by atoms with Crippen molar-refractivity contribution >= 4 is 15.7 Å². The Bertz CT molecular complexity index is 639. The molecule has 1 aliphatic rings. The quantitative estimate of drug-likeness (QED) is 0.653. The van der Waals surface area contributed by atoms with Crippen molar-refractivity contribution in [3.63, 3.8) is 0 Å². The number of nitro benzene ring substituents is 1. The van der Waals surface area contributed by atoms with Crippen LogP contribution in [0.25, 0.3) is 0 Å². The third-order valence-corrected chi connectivity index (χ3v) is 5.68. The summed E-state index contributed by atoms with van der Waals surface area (Å²) >= 11 is 0. The van der Waals surface area contributed by atoms with Crippen LogP contribution in [-0.2, 0) is 10.0 Å². The molecule has 1 aromatic carbocycles. The lowest BCUT2D eigenvalue weighted by Gasteiger charge is -2.21. The molecule has 1 unspecified atom stereocenters. The lowest BCUT2D eigenvalue weighted by Crippen LogP contribution is -2.38. The number of hydrogen-bond donors (Lipinski definition) is 1. The van der Waals surface area contributed by atoms with E-state index >= 15 is 0 Å². The van der Waals surface area contributed by atoms with Crippen molar-refractivity contribution in [3.05, 3.63) is 33.9 Å². The summed E-state index contributed by atoms with van der Waals surface area (Å²) in [5.74, 6) is 0. The van der Waals surface area contributed by atoms with E-state index in [9.17, 15) is 18.5 Å². The first-order valence-corrected chi connectivity index (χ1v) is 8.21. The van der Waals surface area contributed by atoms with Gasteiger partial charge in [0, 0.05) is 31.8 Å². The molecule has 116 valence electrons. The van der Waals surface area contributed by atoms with Crippen LogP contribution < -0.4 is 5.32 Å². The number of rotatable bonds is 5. The van der Waals surface area contributed by atoms with Crippen molar-refractivity contribution in [1.29, 1.82) is 0 Å². The fourth-order valence-corrected chi connectivity index (χ4v) is 3.93. The first kappa shape index (κ1) is 15.9. The maximum absolute atomic E-state index is 12.6. The molecular weight excluding hydrogens is 294 g/mol. The van der Waals surface area contributed by atoms with Crippen LogP contribution in [0.4, 0.5) is 5.69 Å². The van der Waals surface area contributed by atoms with Gasteiger partial charge in [0.25, 0.3) is 5.69 Å². The molecule has 8 heteroatoms. The van der Waals surface area contributed by atoms with Crippen LogP contribution in [0.1, 0.15) is 18.4 Å². The Morgan fingerprint density at radius 2 is 2.19 bits per heavy atom. The number of likely N-dealkylation sites (N-methyl/N-ethyl adjacent to an activating group) is 1. The fraction of sp³-hybridized carbons (Fsp3) is 0.538. The molecule has 0 aromatic heterocycles. The molecule has 1 fully saturated rings. The van der Waals surface area contributed by atoms with Crippen molar-refractivity contribution in [3.8, 4) is 0 Å². The number of nitrogens with zero attached hydrogens (tertiary/aromatic N) is 2. The Balaban J connectivity index is 2.29. The van der Waals surface area contributed by atoms with Gasteiger partial charge in [-0.1, -0.05) is 6.07 Å². The number of nitro groups is 1. The van der Waals surface area contributed by atoms with E-state index in [-0.39, 0.29) is 16.6 Å². The van der Waals surface area contributed by atoms with Gasteiger partial charge in [0.2, 0.25) is 10.0 Å². The first-order chi connectivity index (χ1) is 9.82. The third-order valence-electron chi connectivity index (χ3n) is 3.71. The Hall–Kier alpha value is -1.51. The summed E-state index contributed by atoms with van der Waals surface area (Å²) in [5, 5.41) is 14.1. The summed E-state index contributed by atoms with van der Waals surface area (Å²) in [7, 11) is -2.22. The van der Waals surface area contributed by atoms with Crippen LogP contribution in [0.15, 0.2) is 23.1 Å². The zero-order valence-electron chi connectivity index (χ0n) is 12.1. The minimum Gasteiger partial charge on any atom is -0.313 e. The molecule has 0 saturated carbocycles. The number of hydrogen-bond acceptors (Lipinski definition) is 5. The van der Waals surface area contributed by atoms with Crippen molar-refractivity contribution in [2.75, 3.05) is 20.1 Å². The predicted octanol–water partition coefficient (Wildman–Crippen LogP) is 1.28. The molecule has 1 heterocycles. The first-order valence-electron chi connectivity index (χ1n) is 6.77. The molecule has 1 aliphatic heterocycles. The Morgan fingerprint density at radius 3 is 2.76 bits per heavy atom. The molecule has 0 bridgehead atoms. The number of sulfonamides is 1. The van der Waals surface area contributed by atoms with Gasteiger partial charge in [0.15, 0.2) is 0 Å². The molecule has 1 saturated heterocycles. The van der Waals surface area contributed by atoms with Gasteiger partial charge in [-0.2, -0.15) is 4.31 Å². The molecule has 1 atom stereocenters. The topological polar surface area (TPSA) is 92.5 Å². The number of benzene rings is 1. The lowest BCUT2D eigenvalue weighted by atomic mass is 10.2. The number of aryl methyl sites for hydroxylation is 1. The lowest BCUT2D eigenvalue weighted by molar-refractivity contribution is -0.385. The minimum atomic E-state index is -3.72. The van der Waals surface area contributed by atoms with E-state index in [0.29, 0.717) is 12.1 Å². The molecule has 0 amide bonds. The van der Waals surface area contributed by atoms with Crippen LogP contribution in [0, 0.1) is 17.0 Å². The van der Waals surface area contributed by atoms with Crippen LogP contribution in [0.3, 0.4) is 0 Å². The molecule has 2 rings (SSSR count). The molecule has 21 heavy (non-hydrogen) atoms. The van der Waals surface area contributed by atoms with Gasteiger partial charge < -0.3 is 5.32 Å². The highest BCUT2D eigenvalue weighted by Gasteiger charge is 2.27. The van der Waals surface area contributed by atoms with Crippen molar-refractivity contribution in [1.82, 2.24) is 9.62 Å². The third kappa shape index (κ3) is 3.39. The second-order valence-corrected chi connectivity index (χ2v) is 7.30. The number of non-ortho nitro benzene ring substituents is 1. The SMILES string of the molecule is Cc1ccc([N+](=O)[O-])cc1S(=O)(=O)N(C)CC1CCCN1. The maximum atomic E-state index is 12.6. The zero-order valence-corrected chi connectivity index (χ0v) is 12.9. The molecule has 0 aliphatic carbocycles. The van der Waals surface area contributed by atoms with E-state index in [1.807, 2.05) is 0 Å². The van der Waals surface area contributed by atoms with Crippen molar-refractivity contribution in [2.45, 2.75) is 30.7 Å². The molecule has 0 radical (unpaired) electrons. The standard InChI is InChI=1S/C13H19N3O4S/c1-10-5-6-12(16(17)18)8-13(10)21(19,20)15(2)9-11-4-3-7-14-11/h5-6,8,11,14H,3-4,7,9H2,1-2H3. The Morgan fingerprint density at radius 1 is 1.48 bits per heavy atom. The van der Waals surface area contributed by atoms with Crippen LogP contribution in [-0.4, -0.2) is 43.8 Å². The summed E-state index contributed by atoms with van der Waals surface area (Å²) in [4.78, 5) is 10.2. The summed E-state index contributed by atoms with van der Waals surface area (Å²) in [5.41, 5.74) is 0.290. The van der Waals surface area contributed by atoms with E-state index in [0.717, 1.165) is 25.5 Å². The monoisotopic (exact) mass is 313 g/mol. The summed E-state index contributed by atoms with van der Waals surface area (Å²) < 4.78 is 26.4. The van der Waals surface area contributed by atoms with Gasteiger partial charge in [-0.3, -0.25) is 10.1 Å². The Labute approximate surface area is 124 Å². The highest BCUT2D eigenvalue weighted by Crippen LogP contribution is 2.24. The van der Waals surface area contributed by atoms with Crippen LogP contribution in [0.5, 0.6) is 0 Å². The van der Waals surface area contributed by atoms with Crippen molar-refractivity contribution < 1.29 is 13.3 Å². The predicted molar refractivity (Wildman–Crippen MR) is 78.7 cm³/mol. The molecule has 7 nitrogen and oxygen atoms in total. The highest BCUT2D eigenvalue weighted by atomic mass is 32.2. The van der Waals surface area contributed by atoms with Gasteiger partial charge in [-0.05, 0) is 31.9 Å². The van der Waals surface area contributed by atoms with Crippen LogP contribution >= 0.6 is 0 Å². The zero-order chi connectivity index (χ0) is 15.6. The molecule has 1 aromatic rings. The van der Waals surface area contributed by atoms with Gasteiger partial charge >= 0.3 is 0 Å². The van der Waals surface area contributed by atoms with Gasteiger partial charge in [-0.15, -0.1) is 0 Å². The van der Waals surface area contributed by atoms with E-state index in [1.165, 1.54) is 23.5 Å². The maximum Gasteiger partial charge on any atom is 0.270 e. The van der Waals surface area contributed by atoms with Gasteiger partial charge in [-0.25, -0.2) is 8.42 Å². The van der Waals surface area contributed by atoms with E-state index in [1.54, 1.807) is 6.92 Å². The van der Waals surface area contributed by atoms with Crippen LogP contribution in [0.2, 0.25) is 0 Å². The average Bonchev–Trinajstić information content (AvgIpc) is 2.91. The summed E-state index contributed by atoms with van der Waals surface area (Å²) in [6.07, 6.45) is 1.97. The van der Waals surface area contributed by atoms with E-state index in [4.69, 9.17) is 0 Å². The molecule has 1 N–H and O–H groups in total. The van der Waals surface area contributed by atoms with Gasteiger partial charge in [0.1, 0.15) is 0 Å². The van der Waals surface area contributed by atoms with Crippen molar-refractivity contribution in [2.24, 2.45) is 0 Å². The summed E-state index contributed by atoms with van der Waals surface area (Å²) in [6.45, 7) is 2.90. The fourth-order valence-electron chi connectivity index (χ4n) is 2.47. The second-order valence-electron chi connectivity index (χ2n) is 5.29. The molecular formula is C13H19N3O4S. The van der Waals surface area contributed by atoms with E-state index in [2.05, 4.69) is 5.32 Å². The number of nitrogens with one attached hydrogen (secondary N) is 1. The second kappa shape index (κ2) is 6.08. The highest BCUT2D eigenvalue weighted by molar-refractivity contribution is 7.89. The largest absolute Gasteiger partial charge is 0.313 e. The minimum absolute atomic E-state index is 0.00260. The van der Waals surface area contributed by atoms with Gasteiger partial charge in [0.05, 0.1) is 9.82 Å². The average molecular weight is 313 g/mol. The summed E-state index contributed by atoms with van der Waals surface area (Å²) in [6, 6.07) is 4.05. The molecule has 0 spiro atoms. The Kier molecular flexibility index (Phi) is 4.60.